The third-order valence-electron chi connectivity index (χ3n) is 0. The Balaban J connectivity index is 2.32. The van der Waals surface area contributed by atoms with E-state index in [9.17, 15) is 0 Å². The van der Waals surface area contributed by atoms with Gasteiger partial charge in [0.2, 0.25) is 0 Å². The van der Waals surface area contributed by atoms with Crippen LogP contribution in [0.25, 0.3) is 0 Å². The van der Waals surface area contributed by atoms with Crippen molar-refractivity contribution in [2.75, 3.05) is 0 Å². The Bertz CT molecular complexity index is 8.00. The topological polar surface area (TPSA) is 0 Å². The summed E-state index contributed by atoms with van der Waals surface area (Å²) in [6.45, 7) is 0. The summed E-state index contributed by atoms with van der Waals surface area (Å²) in [4.78, 5) is 0. The average molecular weight is 152 g/mol. The molecule has 0 bridgehead atoms. The standard InChI is InChI=1S/3CH3.Pd/h3*1H3;. The normalized spacial score (nSPS) is 11.2. The molecular formula is C3H9Pd. The molecule has 0 saturated carbocycles. The van der Waals surface area contributed by atoms with Crippen molar-refractivity contribution >= 4 is 0 Å². The second-order valence-electron chi connectivity index (χ2n) is 0.949. The fourth-order valence-electron chi connectivity index (χ4n) is 0. The summed E-state index contributed by atoms with van der Waals surface area (Å²) in [6.07, 6.45) is 0. The molecule has 0 fully saturated rings. The number of rotatable bonds is 0. The van der Waals surface area contributed by atoms with Gasteiger partial charge < -0.3 is 0 Å². The molecule has 31 valence electrons. The van der Waals surface area contributed by atoms with E-state index in [0.717, 1.165) is 0 Å². The van der Waals surface area contributed by atoms with Crippen LogP contribution in [-0.4, -0.2) is 0 Å². The summed E-state index contributed by atoms with van der Waals surface area (Å²) < 4.78 is 0. The first kappa shape index (κ1) is 4.66. The number of hydrogen-bond acceptors (Lipinski definition) is 0. The maximum atomic E-state index is 2.28. The van der Waals surface area contributed by atoms with Gasteiger partial charge in [0, 0.05) is 0 Å². The third kappa shape index (κ3) is 16.8. The molecule has 0 aromatic rings. The molecule has 0 nitrogen and oxygen atoms in total. The zero-order valence-electron chi connectivity index (χ0n) is 3.32. The first-order valence-corrected chi connectivity index (χ1v) is 5.61. The summed E-state index contributed by atoms with van der Waals surface area (Å²) in [5.74, 6) is 0. The van der Waals surface area contributed by atoms with Crippen LogP contribution in [0, 0.1) is 0 Å². The number of hydrogen-bond donors (Lipinski definition) is 0. The van der Waals surface area contributed by atoms with Crippen LogP contribution in [0.4, 0.5) is 0 Å². The molecule has 0 radical (unpaired) electrons. The van der Waals surface area contributed by atoms with Crippen LogP contribution in [-0.2, 0) is 16.8 Å². The second kappa shape index (κ2) is 1.94. The van der Waals surface area contributed by atoms with Gasteiger partial charge in [0.1, 0.15) is 0 Å². The van der Waals surface area contributed by atoms with E-state index in [1.807, 2.05) is 0 Å². The predicted molar refractivity (Wildman–Crippen MR) is 17.6 cm³/mol. The summed E-state index contributed by atoms with van der Waals surface area (Å²) in [5, 5.41) is 6.85. The Morgan fingerprint density at radius 1 is 1.00 bits per heavy atom. The molecule has 0 aliphatic rings. The van der Waals surface area contributed by atoms with Gasteiger partial charge in [-0.25, -0.2) is 0 Å². The van der Waals surface area contributed by atoms with Crippen LogP contribution in [0.5, 0.6) is 0 Å². The third-order valence-corrected chi connectivity index (χ3v) is 0. The SMILES string of the molecule is [CH3][Pd]([CH3])[CH3]. The van der Waals surface area contributed by atoms with Crippen LogP contribution >= 0.6 is 0 Å². The van der Waals surface area contributed by atoms with Crippen molar-refractivity contribution in [3.63, 3.8) is 0 Å². The van der Waals surface area contributed by atoms with Crippen molar-refractivity contribution in [2.45, 2.75) is 16.2 Å². The van der Waals surface area contributed by atoms with Crippen LogP contribution in [0.2, 0.25) is 16.2 Å². The van der Waals surface area contributed by atoms with Gasteiger partial charge in [0.15, 0.2) is 0 Å². The van der Waals surface area contributed by atoms with Crippen molar-refractivity contribution in [1.82, 2.24) is 0 Å². The van der Waals surface area contributed by atoms with E-state index < -0.39 is 0 Å². The summed E-state index contributed by atoms with van der Waals surface area (Å²) in [7, 11) is 0. The molecule has 0 atom stereocenters. The molecule has 0 N–H and O–H groups in total. The molecular weight excluding hydrogens is 142 g/mol. The van der Waals surface area contributed by atoms with Crippen molar-refractivity contribution in [1.29, 1.82) is 0 Å². The molecule has 1 heteroatoms. The van der Waals surface area contributed by atoms with Gasteiger partial charge in [0.25, 0.3) is 0 Å². The van der Waals surface area contributed by atoms with Gasteiger partial charge in [-0.1, -0.05) is 0 Å². The summed E-state index contributed by atoms with van der Waals surface area (Å²) in [5.41, 5.74) is 0. The van der Waals surface area contributed by atoms with E-state index in [-0.39, 0.29) is 16.8 Å². The van der Waals surface area contributed by atoms with E-state index in [2.05, 4.69) is 16.2 Å². The van der Waals surface area contributed by atoms with Gasteiger partial charge >= 0.3 is 32.9 Å². The molecule has 0 aliphatic carbocycles. The van der Waals surface area contributed by atoms with Crippen LogP contribution < -0.4 is 0 Å². The molecule has 0 rings (SSSR count). The molecule has 0 aliphatic heterocycles. The van der Waals surface area contributed by atoms with Crippen molar-refractivity contribution in [2.24, 2.45) is 0 Å². The van der Waals surface area contributed by atoms with Gasteiger partial charge in [0.05, 0.1) is 0 Å². The zero-order chi connectivity index (χ0) is 3.58. The Morgan fingerprint density at radius 2 is 1.00 bits per heavy atom. The first-order valence-electron chi connectivity index (χ1n) is 0.949. The zero-order valence-corrected chi connectivity index (χ0v) is 4.87. The first-order chi connectivity index (χ1) is 1.73. The quantitative estimate of drug-likeness (QED) is 0.463. The van der Waals surface area contributed by atoms with Gasteiger partial charge in [-0.2, -0.15) is 0 Å². The molecule has 0 aromatic heterocycles. The second-order valence-corrected chi connectivity index (χ2v) is 5.61. The predicted octanol–water partition coefficient (Wildman–Crippen LogP) is 1.75. The van der Waals surface area contributed by atoms with Gasteiger partial charge in [-0.05, 0) is 0 Å². The van der Waals surface area contributed by atoms with Crippen molar-refractivity contribution < 1.29 is 16.8 Å². The minimum absolute atomic E-state index is 0.0167. The molecule has 4 heavy (non-hydrogen) atoms. The molecule has 0 heterocycles. The van der Waals surface area contributed by atoms with E-state index in [1.54, 1.807) is 0 Å². The Hall–Kier alpha value is 0.662. The van der Waals surface area contributed by atoms with Crippen LogP contribution in [0.3, 0.4) is 0 Å². The van der Waals surface area contributed by atoms with E-state index in [0.29, 0.717) is 0 Å². The fraction of sp³-hybridized carbons (Fsp3) is 1.00. The van der Waals surface area contributed by atoms with E-state index >= 15 is 0 Å². The molecule has 0 unspecified atom stereocenters. The summed E-state index contributed by atoms with van der Waals surface area (Å²) in [6, 6.07) is 0. The fourth-order valence-corrected chi connectivity index (χ4v) is 0. The van der Waals surface area contributed by atoms with Crippen molar-refractivity contribution in [3.05, 3.63) is 0 Å². The van der Waals surface area contributed by atoms with Gasteiger partial charge in [-0.15, -0.1) is 0 Å². The Kier molecular flexibility index (Phi) is 2.26. The Morgan fingerprint density at radius 3 is 1.00 bits per heavy atom. The Labute approximate surface area is 33.5 Å². The molecule has 0 spiro atoms. The average Bonchev–Trinajstić information content (AvgIpc) is 0.811. The summed E-state index contributed by atoms with van der Waals surface area (Å²) >= 11 is 0.0167. The molecule has 0 saturated heterocycles. The molecule has 0 aromatic carbocycles. The van der Waals surface area contributed by atoms with E-state index in [1.165, 1.54) is 0 Å². The van der Waals surface area contributed by atoms with Crippen LogP contribution in [0.15, 0.2) is 0 Å². The van der Waals surface area contributed by atoms with Crippen molar-refractivity contribution in [3.8, 4) is 0 Å². The molecule has 0 amide bonds. The minimum atomic E-state index is 0.0167. The van der Waals surface area contributed by atoms with E-state index in [4.69, 9.17) is 0 Å². The maximum absolute atomic E-state index is 2.28. The monoisotopic (exact) mass is 151 g/mol. The van der Waals surface area contributed by atoms with Gasteiger partial charge in [-0.3, -0.25) is 0 Å². The van der Waals surface area contributed by atoms with Crippen LogP contribution in [0.1, 0.15) is 0 Å².